The Kier molecular flexibility index (Phi) is 4.20. The molecule has 0 saturated carbocycles. The predicted octanol–water partition coefficient (Wildman–Crippen LogP) is 3.42. The molecule has 2 rings (SSSR count). The van der Waals surface area contributed by atoms with E-state index in [0.29, 0.717) is 5.56 Å². The van der Waals surface area contributed by atoms with Gasteiger partial charge in [-0.15, -0.1) is 0 Å². The van der Waals surface area contributed by atoms with Crippen molar-refractivity contribution in [3.8, 4) is 0 Å². The van der Waals surface area contributed by atoms with Gasteiger partial charge in [0.05, 0.1) is 10.2 Å². The molecule has 0 aliphatic rings. The van der Waals surface area contributed by atoms with E-state index in [2.05, 4.69) is 20.7 Å². The maximum Gasteiger partial charge on any atom is 0.264 e. The minimum Gasteiger partial charge on any atom is -0.398 e. The third kappa shape index (κ3) is 3.33. The van der Waals surface area contributed by atoms with Crippen molar-refractivity contribution < 1.29 is 17.2 Å². The van der Waals surface area contributed by atoms with Gasteiger partial charge in [0.15, 0.2) is 0 Å². The molecule has 4 nitrogen and oxygen atoms in total. The Labute approximate surface area is 129 Å². The van der Waals surface area contributed by atoms with Gasteiger partial charge in [0, 0.05) is 5.69 Å². The van der Waals surface area contributed by atoms with Crippen LogP contribution in [0.3, 0.4) is 0 Å². The number of benzene rings is 2. The van der Waals surface area contributed by atoms with Crippen molar-refractivity contribution in [2.24, 2.45) is 0 Å². The predicted molar refractivity (Wildman–Crippen MR) is 80.5 cm³/mol. The molecule has 0 saturated heterocycles. The molecule has 0 atom stereocenters. The lowest BCUT2D eigenvalue weighted by Crippen LogP contribution is -2.15. The van der Waals surface area contributed by atoms with Crippen LogP contribution >= 0.6 is 15.9 Å². The molecule has 21 heavy (non-hydrogen) atoms. The smallest absolute Gasteiger partial charge is 0.264 e. The molecule has 0 bridgehead atoms. The average molecular weight is 377 g/mol. The van der Waals surface area contributed by atoms with E-state index < -0.39 is 26.6 Å². The monoisotopic (exact) mass is 376 g/mol. The summed E-state index contributed by atoms with van der Waals surface area (Å²) in [5.74, 6) is -1.56. The standard InChI is InChI=1S/C13H11BrF2N2O2S/c1-7-4-11(16)13(6-12(7)17)21(19,20)18-8-2-3-9(14)10(15)5-8/h2-6,18H,17H2,1H3. The van der Waals surface area contributed by atoms with Crippen molar-refractivity contribution in [1.82, 2.24) is 0 Å². The Morgan fingerprint density at radius 1 is 1.14 bits per heavy atom. The van der Waals surface area contributed by atoms with Crippen molar-refractivity contribution in [2.75, 3.05) is 10.5 Å². The second kappa shape index (κ2) is 5.61. The van der Waals surface area contributed by atoms with Gasteiger partial charge in [0.1, 0.15) is 16.5 Å². The van der Waals surface area contributed by atoms with Gasteiger partial charge in [-0.05, 0) is 58.7 Å². The molecule has 2 aromatic rings. The first-order valence-corrected chi connectivity index (χ1v) is 8.02. The van der Waals surface area contributed by atoms with Crippen molar-refractivity contribution in [2.45, 2.75) is 11.8 Å². The van der Waals surface area contributed by atoms with Crippen molar-refractivity contribution in [3.63, 3.8) is 0 Å². The van der Waals surface area contributed by atoms with Crippen LogP contribution in [-0.2, 0) is 10.0 Å². The molecular weight excluding hydrogens is 366 g/mol. The highest BCUT2D eigenvalue weighted by molar-refractivity contribution is 9.10. The minimum absolute atomic E-state index is 0.0192. The molecular formula is C13H11BrF2N2O2S. The summed E-state index contributed by atoms with van der Waals surface area (Å²) in [5.41, 5.74) is 6.16. The lowest BCUT2D eigenvalue weighted by molar-refractivity contribution is 0.570. The van der Waals surface area contributed by atoms with Crippen molar-refractivity contribution >= 4 is 37.3 Å². The molecule has 0 aliphatic heterocycles. The summed E-state index contributed by atoms with van der Waals surface area (Å²) >= 11 is 2.95. The molecule has 0 radical (unpaired) electrons. The van der Waals surface area contributed by atoms with E-state index in [4.69, 9.17) is 5.73 Å². The molecule has 0 amide bonds. The third-order valence-corrected chi connectivity index (χ3v) is 4.82. The lowest BCUT2D eigenvalue weighted by Gasteiger charge is -2.11. The maximum absolute atomic E-state index is 13.8. The van der Waals surface area contributed by atoms with Gasteiger partial charge in [0.25, 0.3) is 10.0 Å². The Hall–Kier alpha value is -1.67. The number of halogens is 3. The van der Waals surface area contributed by atoms with Gasteiger partial charge in [-0.25, -0.2) is 17.2 Å². The fourth-order valence-electron chi connectivity index (χ4n) is 1.64. The van der Waals surface area contributed by atoms with Crippen LogP contribution in [0.2, 0.25) is 0 Å². The van der Waals surface area contributed by atoms with Gasteiger partial charge in [-0.1, -0.05) is 0 Å². The number of sulfonamides is 1. The normalized spacial score (nSPS) is 11.4. The highest BCUT2D eigenvalue weighted by Gasteiger charge is 2.21. The molecule has 0 aromatic heterocycles. The van der Waals surface area contributed by atoms with Crippen LogP contribution in [0.4, 0.5) is 20.2 Å². The molecule has 0 fully saturated rings. The van der Waals surface area contributed by atoms with Gasteiger partial charge in [0.2, 0.25) is 0 Å². The summed E-state index contributed by atoms with van der Waals surface area (Å²) in [7, 11) is -4.20. The SMILES string of the molecule is Cc1cc(F)c(S(=O)(=O)Nc2ccc(Br)c(F)c2)cc1N. The highest BCUT2D eigenvalue weighted by atomic mass is 79.9. The molecule has 0 unspecified atom stereocenters. The third-order valence-electron chi connectivity index (χ3n) is 2.78. The van der Waals surface area contributed by atoms with Crippen molar-refractivity contribution in [3.05, 3.63) is 52.0 Å². The topological polar surface area (TPSA) is 72.2 Å². The van der Waals surface area contributed by atoms with E-state index >= 15 is 0 Å². The molecule has 0 spiro atoms. The number of nitrogens with one attached hydrogen (secondary N) is 1. The van der Waals surface area contributed by atoms with Crippen molar-refractivity contribution in [1.29, 1.82) is 0 Å². The zero-order valence-electron chi connectivity index (χ0n) is 10.8. The number of hydrogen-bond donors (Lipinski definition) is 2. The summed E-state index contributed by atoms with van der Waals surface area (Å²) in [6.45, 7) is 1.56. The van der Waals surface area contributed by atoms with E-state index in [1.807, 2.05) is 0 Å². The van der Waals surface area contributed by atoms with E-state index in [1.165, 1.54) is 12.1 Å². The molecule has 2 aromatic carbocycles. The van der Waals surface area contributed by atoms with Crippen LogP contribution < -0.4 is 10.5 Å². The van der Waals surface area contributed by atoms with Gasteiger partial charge in [-0.2, -0.15) is 0 Å². The molecule has 8 heteroatoms. The Morgan fingerprint density at radius 3 is 2.43 bits per heavy atom. The first-order valence-electron chi connectivity index (χ1n) is 5.74. The summed E-state index contributed by atoms with van der Waals surface area (Å²) in [6, 6.07) is 5.73. The quantitative estimate of drug-likeness (QED) is 0.806. The molecule has 112 valence electrons. The van der Waals surface area contributed by atoms with Crippen LogP contribution in [0, 0.1) is 18.6 Å². The Bertz CT molecular complexity index is 810. The van der Waals surface area contributed by atoms with Crippen LogP contribution in [-0.4, -0.2) is 8.42 Å². The minimum atomic E-state index is -4.20. The summed E-state index contributed by atoms with van der Waals surface area (Å²) < 4.78 is 53.8. The highest BCUT2D eigenvalue weighted by Crippen LogP contribution is 2.25. The number of nitrogens with two attached hydrogens (primary N) is 1. The van der Waals surface area contributed by atoms with Crippen LogP contribution in [0.5, 0.6) is 0 Å². The maximum atomic E-state index is 13.8. The fraction of sp³-hybridized carbons (Fsp3) is 0.0769. The number of anilines is 2. The number of nitrogen functional groups attached to an aromatic ring is 1. The summed E-state index contributed by atoms with van der Waals surface area (Å²) in [5, 5.41) is 0. The van der Waals surface area contributed by atoms with E-state index in [9.17, 15) is 17.2 Å². The van der Waals surface area contributed by atoms with Crippen LogP contribution in [0.25, 0.3) is 0 Å². The number of hydrogen-bond acceptors (Lipinski definition) is 3. The van der Waals surface area contributed by atoms with Gasteiger partial charge in [-0.3, -0.25) is 4.72 Å². The summed E-state index contributed by atoms with van der Waals surface area (Å²) in [6.07, 6.45) is 0. The average Bonchev–Trinajstić information content (AvgIpc) is 2.37. The largest absolute Gasteiger partial charge is 0.398 e. The molecule has 3 N–H and O–H groups in total. The van der Waals surface area contributed by atoms with E-state index in [1.54, 1.807) is 6.92 Å². The van der Waals surface area contributed by atoms with E-state index in [-0.39, 0.29) is 15.8 Å². The zero-order valence-corrected chi connectivity index (χ0v) is 13.2. The van der Waals surface area contributed by atoms with Crippen LogP contribution in [0.15, 0.2) is 39.7 Å². The summed E-state index contributed by atoms with van der Waals surface area (Å²) in [4.78, 5) is -0.589. The molecule has 0 aliphatic carbocycles. The lowest BCUT2D eigenvalue weighted by atomic mass is 10.2. The van der Waals surface area contributed by atoms with Crippen LogP contribution in [0.1, 0.15) is 5.56 Å². The Morgan fingerprint density at radius 2 is 1.81 bits per heavy atom. The first-order chi connectivity index (χ1) is 9.70. The zero-order chi connectivity index (χ0) is 15.8. The second-order valence-electron chi connectivity index (χ2n) is 4.37. The second-order valence-corrected chi connectivity index (χ2v) is 6.88. The van der Waals surface area contributed by atoms with Gasteiger partial charge >= 0.3 is 0 Å². The van der Waals surface area contributed by atoms with E-state index in [0.717, 1.165) is 18.2 Å². The fourth-order valence-corrected chi connectivity index (χ4v) is 3.04. The number of aryl methyl sites for hydroxylation is 1. The van der Waals surface area contributed by atoms with Gasteiger partial charge < -0.3 is 5.73 Å². The first kappa shape index (κ1) is 15.7. The Balaban J connectivity index is 2.43. The molecule has 0 heterocycles. The number of rotatable bonds is 3.